The third-order valence-electron chi connectivity index (χ3n) is 3.95. The van der Waals surface area contributed by atoms with Gasteiger partial charge in [-0.1, -0.05) is 23.7 Å². The van der Waals surface area contributed by atoms with Crippen LogP contribution in [-0.2, 0) is 17.2 Å². The maximum atomic E-state index is 12.8. The van der Waals surface area contributed by atoms with Crippen LogP contribution in [0.3, 0.4) is 0 Å². The van der Waals surface area contributed by atoms with Gasteiger partial charge in [0.1, 0.15) is 11.5 Å². The van der Waals surface area contributed by atoms with Crippen molar-refractivity contribution in [3.8, 4) is 11.5 Å². The largest absolute Gasteiger partial charge is 0.457 e. The Labute approximate surface area is 165 Å². The smallest absolute Gasteiger partial charge is 0.416 e. The van der Waals surface area contributed by atoms with E-state index in [2.05, 4.69) is 0 Å². The van der Waals surface area contributed by atoms with E-state index in [0.29, 0.717) is 17.0 Å². The summed E-state index contributed by atoms with van der Waals surface area (Å²) in [5.74, 6) is 0.286. The summed E-state index contributed by atoms with van der Waals surface area (Å²) in [6.07, 6.45) is -4.27. The summed E-state index contributed by atoms with van der Waals surface area (Å²) in [7, 11) is -4.24. The average molecular weight is 438 g/mol. The predicted molar refractivity (Wildman–Crippen MR) is 101 cm³/mol. The minimum Gasteiger partial charge on any atom is -0.457 e. The van der Waals surface area contributed by atoms with Gasteiger partial charge in [-0.2, -0.15) is 13.2 Å². The van der Waals surface area contributed by atoms with Crippen molar-refractivity contribution in [1.82, 2.24) is 0 Å². The van der Waals surface area contributed by atoms with Gasteiger partial charge in [0.15, 0.2) is 0 Å². The molecule has 0 aliphatic heterocycles. The molecule has 0 saturated heterocycles. The maximum Gasteiger partial charge on any atom is 0.416 e. The lowest BCUT2D eigenvalue weighted by Crippen LogP contribution is -2.40. The van der Waals surface area contributed by atoms with E-state index in [1.54, 1.807) is 19.1 Å². The number of ether oxygens (including phenoxy) is 1. The number of alkyl halides is 3. The molecule has 5 nitrogen and oxygen atoms in total. The van der Waals surface area contributed by atoms with Gasteiger partial charge in [-0.25, -0.2) is 0 Å². The van der Waals surface area contributed by atoms with Crippen molar-refractivity contribution in [1.29, 1.82) is 0 Å². The molecule has 4 N–H and O–H groups in total. The maximum absolute atomic E-state index is 12.8. The van der Waals surface area contributed by atoms with Crippen LogP contribution in [0.25, 0.3) is 0 Å². The number of hydrogen-bond acceptors (Lipinski definition) is 3. The summed E-state index contributed by atoms with van der Waals surface area (Å²) in [5.41, 5.74) is 4.72. The zero-order chi connectivity index (χ0) is 21.2. The fourth-order valence-electron chi connectivity index (χ4n) is 2.64. The monoisotopic (exact) mass is 437 g/mol. The first-order chi connectivity index (χ1) is 12.8. The first-order valence-corrected chi connectivity index (χ1v) is 10.4. The number of hydrogen-bond donors (Lipinski definition) is 3. The summed E-state index contributed by atoms with van der Waals surface area (Å²) in [6, 6.07) is 9.15. The van der Waals surface area contributed by atoms with Gasteiger partial charge in [0, 0.05) is 10.6 Å². The molecule has 2 aromatic rings. The van der Waals surface area contributed by atoms with Crippen LogP contribution in [0.1, 0.15) is 24.5 Å². The molecule has 0 bridgehead atoms. The molecule has 0 spiro atoms. The van der Waals surface area contributed by atoms with Gasteiger partial charge in [0.25, 0.3) is 0 Å². The SMILES string of the molecule is C[C@@](N)(CCc1ccc(Oc2cccc(C(F)(F)F)c2)cc1Cl)CP(=O)(O)O. The number of halogens is 4. The molecule has 154 valence electrons. The van der Waals surface area contributed by atoms with Crippen molar-refractivity contribution in [3.63, 3.8) is 0 Å². The van der Waals surface area contributed by atoms with Crippen LogP contribution in [0, 0.1) is 0 Å². The van der Waals surface area contributed by atoms with E-state index in [1.807, 2.05) is 0 Å². The highest BCUT2D eigenvalue weighted by Gasteiger charge is 2.31. The Morgan fingerprint density at radius 2 is 1.79 bits per heavy atom. The Morgan fingerprint density at radius 3 is 2.36 bits per heavy atom. The third kappa shape index (κ3) is 7.11. The molecule has 0 radical (unpaired) electrons. The highest BCUT2D eigenvalue weighted by Crippen LogP contribution is 2.39. The molecule has 10 heteroatoms. The quantitative estimate of drug-likeness (QED) is 0.531. The molecule has 0 heterocycles. The first kappa shape index (κ1) is 22.7. The van der Waals surface area contributed by atoms with Crippen LogP contribution in [-0.4, -0.2) is 21.5 Å². The molecule has 0 aliphatic rings. The van der Waals surface area contributed by atoms with Gasteiger partial charge < -0.3 is 20.3 Å². The lowest BCUT2D eigenvalue weighted by atomic mass is 9.96. The minimum atomic E-state index is -4.47. The molecule has 0 fully saturated rings. The average Bonchev–Trinajstić information content (AvgIpc) is 2.51. The molecule has 2 aromatic carbocycles. The fourth-order valence-corrected chi connectivity index (χ4v) is 4.00. The molecule has 28 heavy (non-hydrogen) atoms. The van der Waals surface area contributed by atoms with Crippen LogP contribution < -0.4 is 10.5 Å². The van der Waals surface area contributed by atoms with Gasteiger partial charge in [-0.05, 0) is 55.7 Å². The Hall–Kier alpha value is -1.57. The van der Waals surface area contributed by atoms with Crippen LogP contribution >= 0.6 is 19.2 Å². The standard InChI is InChI=1S/C18H20ClF3NO4P/c1-17(23,11-28(24,25)26)8-7-12-5-6-15(10-16(12)19)27-14-4-2-3-13(9-14)18(20,21)22/h2-6,9-10H,7-8,11,23H2,1H3,(H2,24,25,26)/t17-/m1/s1. The second-order valence-corrected chi connectivity index (χ2v) is 8.91. The topological polar surface area (TPSA) is 92.8 Å². The molecule has 1 atom stereocenters. The second kappa shape index (κ2) is 8.43. The molecule has 0 aromatic heterocycles. The van der Waals surface area contributed by atoms with Crippen LogP contribution in [0.4, 0.5) is 13.2 Å². The summed E-state index contributed by atoms with van der Waals surface area (Å²) < 4.78 is 54.9. The number of rotatable bonds is 7. The number of benzene rings is 2. The van der Waals surface area contributed by atoms with Crippen LogP contribution in [0.2, 0.25) is 5.02 Å². The zero-order valence-corrected chi connectivity index (χ0v) is 16.6. The van der Waals surface area contributed by atoms with E-state index in [-0.39, 0.29) is 17.9 Å². The Bertz CT molecular complexity index is 883. The van der Waals surface area contributed by atoms with Crippen molar-refractivity contribution in [2.24, 2.45) is 5.73 Å². The summed E-state index contributed by atoms with van der Waals surface area (Å²) in [6.45, 7) is 1.55. The van der Waals surface area contributed by atoms with Gasteiger partial charge in [-0.3, -0.25) is 4.57 Å². The van der Waals surface area contributed by atoms with Crippen molar-refractivity contribution in [3.05, 3.63) is 58.6 Å². The van der Waals surface area contributed by atoms with E-state index in [1.165, 1.54) is 18.2 Å². The van der Waals surface area contributed by atoms with E-state index in [0.717, 1.165) is 12.1 Å². The molecule has 0 saturated carbocycles. The van der Waals surface area contributed by atoms with Crippen LogP contribution in [0.15, 0.2) is 42.5 Å². The predicted octanol–water partition coefficient (Wildman–Crippen LogP) is 4.98. The van der Waals surface area contributed by atoms with E-state index < -0.39 is 31.0 Å². The molecule has 0 aliphatic carbocycles. The van der Waals surface area contributed by atoms with E-state index in [9.17, 15) is 17.7 Å². The second-order valence-electron chi connectivity index (χ2n) is 6.86. The highest BCUT2D eigenvalue weighted by atomic mass is 35.5. The third-order valence-corrected chi connectivity index (χ3v) is 5.44. The van der Waals surface area contributed by atoms with Gasteiger partial charge in [0.2, 0.25) is 0 Å². The van der Waals surface area contributed by atoms with Crippen molar-refractivity contribution >= 4 is 19.2 Å². The van der Waals surface area contributed by atoms with Gasteiger partial charge >= 0.3 is 13.8 Å². The first-order valence-electron chi connectivity index (χ1n) is 8.22. The summed E-state index contributed by atoms with van der Waals surface area (Å²) in [4.78, 5) is 18.1. The lowest BCUT2D eigenvalue weighted by molar-refractivity contribution is -0.137. The van der Waals surface area contributed by atoms with E-state index in [4.69, 9.17) is 31.9 Å². The van der Waals surface area contributed by atoms with Crippen LogP contribution in [0.5, 0.6) is 11.5 Å². The van der Waals surface area contributed by atoms with Crippen molar-refractivity contribution in [2.75, 3.05) is 6.16 Å². The normalized spacial score (nSPS) is 14.6. The molecule has 0 amide bonds. The number of nitrogens with two attached hydrogens (primary N) is 1. The lowest BCUT2D eigenvalue weighted by Gasteiger charge is -2.25. The van der Waals surface area contributed by atoms with E-state index >= 15 is 0 Å². The summed E-state index contributed by atoms with van der Waals surface area (Å²) >= 11 is 6.21. The summed E-state index contributed by atoms with van der Waals surface area (Å²) in [5, 5.41) is 0.316. The molecular formula is C18H20ClF3NO4P. The van der Waals surface area contributed by atoms with Gasteiger partial charge in [-0.15, -0.1) is 0 Å². The molecule has 0 unspecified atom stereocenters. The Kier molecular flexibility index (Phi) is 6.84. The Morgan fingerprint density at radius 1 is 1.14 bits per heavy atom. The highest BCUT2D eigenvalue weighted by molar-refractivity contribution is 7.51. The molecule has 2 rings (SSSR count). The van der Waals surface area contributed by atoms with Gasteiger partial charge in [0.05, 0.1) is 11.7 Å². The minimum absolute atomic E-state index is 0.0230. The van der Waals surface area contributed by atoms with Crippen molar-refractivity contribution in [2.45, 2.75) is 31.5 Å². The zero-order valence-electron chi connectivity index (χ0n) is 14.9. The van der Waals surface area contributed by atoms with Crippen molar-refractivity contribution < 1.29 is 32.3 Å². The number of aryl methyl sites for hydroxylation is 1. The Balaban J connectivity index is 2.07. The fraction of sp³-hybridized carbons (Fsp3) is 0.333. The molecular weight excluding hydrogens is 418 g/mol.